The Labute approximate surface area is 146 Å². The first-order valence-corrected chi connectivity index (χ1v) is 9.87. The highest BCUT2D eigenvalue weighted by Crippen LogP contribution is 2.17. The number of amides is 1. The molecule has 0 bridgehead atoms. The molecule has 0 saturated heterocycles. The van der Waals surface area contributed by atoms with E-state index in [1.54, 1.807) is 43.6 Å². The summed E-state index contributed by atoms with van der Waals surface area (Å²) < 4.78 is 27.7. The Kier molecular flexibility index (Phi) is 5.74. The zero-order chi connectivity index (χ0) is 17.9. The third-order valence-corrected chi connectivity index (χ3v) is 5.81. The van der Waals surface area contributed by atoms with Gasteiger partial charge in [-0.1, -0.05) is 19.9 Å². The van der Waals surface area contributed by atoms with Crippen LogP contribution in [0, 0.1) is 19.8 Å². The normalized spacial score (nSPS) is 13.0. The summed E-state index contributed by atoms with van der Waals surface area (Å²) in [7, 11) is -3.80. The van der Waals surface area contributed by atoms with E-state index in [0.29, 0.717) is 5.13 Å². The lowest BCUT2D eigenvalue weighted by atomic mass is 10.1. The number of thiazole rings is 1. The molecule has 2 N–H and O–H groups in total. The molecule has 130 valence electrons. The van der Waals surface area contributed by atoms with Gasteiger partial charge in [0.25, 0.3) is 0 Å². The number of benzene rings is 1. The van der Waals surface area contributed by atoms with Gasteiger partial charge in [-0.15, -0.1) is 11.3 Å². The van der Waals surface area contributed by atoms with Crippen LogP contribution in [0.3, 0.4) is 0 Å². The van der Waals surface area contributed by atoms with Crippen molar-refractivity contribution in [3.63, 3.8) is 0 Å². The van der Waals surface area contributed by atoms with Gasteiger partial charge in [0.05, 0.1) is 4.90 Å². The quantitative estimate of drug-likeness (QED) is 0.822. The fourth-order valence-electron chi connectivity index (χ4n) is 2.08. The van der Waals surface area contributed by atoms with Crippen molar-refractivity contribution in [2.45, 2.75) is 38.6 Å². The highest BCUT2D eigenvalue weighted by molar-refractivity contribution is 7.89. The molecule has 1 heterocycles. The molecule has 1 unspecified atom stereocenters. The zero-order valence-electron chi connectivity index (χ0n) is 14.0. The summed E-state index contributed by atoms with van der Waals surface area (Å²) in [6, 6.07) is 4.01. The zero-order valence-corrected chi connectivity index (χ0v) is 15.7. The molecule has 2 rings (SSSR count). The van der Waals surface area contributed by atoms with E-state index in [9.17, 15) is 13.2 Å². The van der Waals surface area contributed by atoms with Crippen LogP contribution in [0.25, 0.3) is 0 Å². The van der Waals surface area contributed by atoms with Crippen molar-refractivity contribution in [1.29, 1.82) is 0 Å². The highest BCUT2D eigenvalue weighted by Gasteiger charge is 2.29. The number of carbonyl (C=O) groups excluding carboxylic acids is 1. The minimum atomic E-state index is -3.80. The molecule has 0 radical (unpaired) electrons. The first-order chi connectivity index (χ1) is 11.2. The van der Waals surface area contributed by atoms with Crippen LogP contribution in [0.1, 0.15) is 25.0 Å². The van der Waals surface area contributed by atoms with E-state index < -0.39 is 22.0 Å². The standard InChI is InChI=1S/C16H21N3O3S2/c1-10(2)14(15(20)18-16-17-7-8-23-16)19-24(21,22)13-6-5-11(3)12(4)9-13/h5-10,14,19H,1-4H3,(H,17,18,20). The molecule has 2 aromatic rings. The first kappa shape index (κ1) is 18.6. The summed E-state index contributed by atoms with van der Waals surface area (Å²) in [5.41, 5.74) is 1.89. The molecule has 6 nitrogen and oxygen atoms in total. The molecular formula is C16H21N3O3S2. The number of anilines is 1. The maximum Gasteiger partial charge on any atom is 0.244 e. The van der Waals surface area contributed by atoms with Gasteiger partial charge in [0.15, 0.2) is 5.13 Å². The van der Waals surface area contributed by atoms with E-state index in [1.807, 2.05) is 13.8 Å². The summed E-state index contributed by atoms with van der Waals surface area (Å²) in [5.74, 6) is -0.640. The van der Waals surface area contributed by atoms with Crippen molar-refractivity contribution in [1.82, 2.24) is 9.71 Å². The summed E-state index contributed by atoms with van der Waals surface area (Å²) in [6.45, 7) is 7.34. The molecular weight excluding hydrogens is 346 g/mol. The molecule has 24 heavy (non-hydrogen) atoms. The highest BCUT2D eigenvalue weighted by atomic mass is 32.2. The second-order valence-corrected chi connectivity index (χ2v) is 8.52. The molecule has 1 aromatic heterocycles. The summed E-state index contributed by atoms with van der Waals surface area (Å²) in [6.07, 6.45) is 1.57. The third kappa shape index (κ3) is 4.40. The number of hydrogen-bond donors (Lipinski definition) is 2. The van der Waals surface area contributed by atoms with Gasteiger partial charge in [0.2, 0.25) is 15.9 Å². The fourth-order valence-corrected chi connectivity index (χ4v) is 4.04. The fraction of sp³-hybridized carbons (Fsp3) is 0.375. The maximum absolute atomic E-state index is 12.6. The number of hydrogen-bond acceptors (Lipinski definition) is 5. The molecule has 0 aliphatic rings. The minimum absolute atomic E-state index is 0.151. The predicted octanol–water partition coefficient (Wildman–Crippen LogP) is 2.70. The summed E-state index contributed by atoms with van der Waals surface area (Å²) in [4.78, 5) is 16.5. The molecule has 0 fully saturated rings. The maximum atomic E-state index is 12.6. The molecule has 0 saturated carbocycles. The first-order valence-electron chi connectivity index (χ1n) is 7.50. The van der Waals surface area contributed by atoms with Crippen LogP contribution in [0.5, 0.6) is 0 Å². The lowest BCUT2D eigenvalue weighted by molar-refractivity contribution is -0.118. The van der Waals surface area contributed by atoms with Crippen molar-refractivity contribution >= 4 is 32.4 Å². The average Bonchev–Trinajstić information content (AvgIpc) is 3.00. The van der Waals surface area contributed by atoms with Gasteiger partial charge < -0.3 is 5.32 Å². The lowest BCUT2D eigenvalue weighted by Crippen LogP contribution is -2.47. The number of nitrogens with one attached hydrogen (secondary N) is 2. The van der Waals surface area contributed by atoms with Crippen LogP contribution in [0.15, 0.2) is 34.7 Å². The van der Waals surface area contributed by atoms with Crippen LogP contribution < -0.4 is 10.0 Å². The van der Waals surface area contributed by atoms with Crippen molar-refractivity contribution in [3.05, 3.63) is 40.9 Å². The van der Waals surface area contributed by atoms with Crippen LogP contribution in [0.4, 0.5) is 5.13 Å². The Morgan fingerprint density at radius 1 is 1.21 bits per heavy atom. The molecule has 1 aromatic carbocycles. The van der Waals surface area contributed by atoms with Gasteiger partial charge in [0, 0.05) is 11.6 Å². The number of rotatable bonds is 6. The summed E-state index contributed by atoms with van der Waals surface area (Å²) in [5, 5.41) is 4.82. The van der Waals surface area contributed by atoms with Gasteiger partial charge in [0.1, 0.15) is 6.04 Å². The second-order valence-electron chi connectivity index (χ2n) is 5.92. The molecule has 1 atom stereocenters. The van der Waals surface area contributed by atoms with Crippen molar-refractivity contribution in [2.75, 3.05) is 5.32 Å². The van der Waals surface area contributed by atoms with Crippen LogP contribution >= 0.6 is 11.3 Å². The Morgan fingerprint density at radius 3 is 2.46 bits per heavy atom. The predicted molar refractivity (Wildman–Crippen MR) is 95.6 cm³/mol. The van der Waals surface area contributed by atoms with Gasteiger partial charge >= 0.3 is 0 Å². The molecule has 0 spiro atoms. The average molecular weight is 367 g/mol. The SMILES string of the molecule is Cc1ccc(S(=O)(=O)NC(C(=O)Nc2nccs2)C(C)C)cc1C. The molecule has 8 heteroatoms. The van der Waals surface area contributed by atoms with Crippen molar-refractivity contribution < 1.29 is 13.2 Å². The lowest BCUT2D eigenvalue weighted by Gasteiger charge is -2.21. The summed E-state index contributed by atoms with van der Waals surface area (Å²) >= 11 is 1.28. The second kappa shape index (κ2) is 7.42. The Balaban J connectivity index is 2.22. The van der Waals surface area contributed by atoms with E-state index in [1.165, 1.54) is 11.3 Å². The third-order valence-electron chi connectivity index (χ3n) is 3.68. The number of aromatic nitrogens is 1. The van der Waals surface area contributed by atoms with Gasteiger partial charge in [-0.2, -0.15) is 4.72 Å². The monoisotopic (exact) mass is 367 g/mol. The van der Waals surface area contributed by atoms with Crippen LogP contribution in [-0.4, -0.2) is 25.4 Å². The Morgan fingerprint density at radius 2 is 1.92 bits per heavy atom. The molecule has 0 aliphatic heterocycles. The molecule has 1 amide bonds. The smallest absolute Gasteiger partial charge is 0.244 e. The van der Waals surface area contributed by atoms with E-state index >= 15 is 0 Å². The van der Waals surface area contributed by atoms with E-state index in [2.05, 4.69) is 15.0 Å². The molecule has 0 aliphatic carbocycles. The van der Waals surface area contributed by atoms with Crippen molar-refractivity contribution in [2.24, 2.45) is 5.92 Å². The Bertz CT molecular complexity index is 815. The van der Waals surface area contributed by atoms with E-state index in [-0.39, 0.29) is 10.8 Å². The van der Waals surface area contributed by atoms with Gasteiger partial charge in [-0.05, 0) is 43.0 Å². The number of carbonyl (C=O) groups is 1. The van der Waals surface area contributed by atoms with Crippen LogP contribution in [-0.2, 0) is 14.8 Å². The van der Waals surface area contributed by atoms with Crippen molar-refractivity contribution in [3.8, 4) is 0 Å². The van der Waals surface area contributed by atoms with E-state index in [4.69, 9.17) is 0 Å². The number of nitrogens with zero attached hydrogens (tertiary/aromatic N) is 1. The Hall–Kier alpha value is -1.77. The minimum Gasteiger partial charge on any atom is -0.301 e. The number of sulfonamides is 1. The number of aryl methyl sites for hydroxylation is 2. The topological polar surface area (TPSA) is 88.2 Å². The largest absolute Gasteiger partial charge is 0.301 e. The van der Waals surface area contributed by atoms with Crippen LogP contribution in [0.2, 0.25) is 0 Å². The van der Waals surface area contributed by atoms with Gasteiger partial charge in [-0.3, -0.25) is 4.79 Å². The van der Waals surface area contributed by atoms with E-state index in [0.717, 1.165) is 11.1 Å². The van der Waals surface area contributed by atoms with Gasteiger partial charge in [-0.25, -0.2) is 13.4 Å².